The zero-order chi connectivity index (χ0) is 19.3. The maximum absolute atomic E-state index is 12.8. The Bertz CT molecular complexity index is 900. The minimum Gasteiger partial charge on any atom is -0.326 e. The van der Waals surface area contributed by atoms with Gasteiger partial charge in [0.25, 0.3) is 10.0 Å². The van der Waals surface area contributed by atoms with Crippen molar-refractivity contribution >= 4 is 38.9 Å². The molecule has 8 heteroatoms. The predicted octanol–water partition coefficient (Wildman–Crippen LogP) is 3.24. The molecule has 140 valence electrons. The maximum Gasteiger partial charge on any atom is 0.262 e. The number of para-hydroxylation sites is 1. The summed E-state index contributed by atoms with van der Waals surface area (Å²) in [5, 5.41) is 5.98. The van der Waals surface area contributed by atoms with Gasteiger partial charge in [-0.05, 0) is 43.8 Å². The molecule has 0 bridgehead atoms. The smallest absolute Gasteiger partial charge is 0.262 e. The van der Waals surface area contributed by atoms with Crippen LogP contribution in [0.5, 0.6) is 0 Å². The molecule has 6 nitrogen and oxygen atoms in total. The average Bonchev–Trinajstić information content (AvgIpc) is 2.58. The van der Waals surface area contributed by atoms with E-state index in [4.69, 9.17) is 11.6 Å². The second kappa shape index (κ2) is 8.53. The molecular weight excluding hydrogens is 374 g/mol. The summed E-state index contributed by atoms with van der Waals surface area (Å²) in [5.41, 5.74) is 1.28. The molecule has 0 radical (unpaired) electrons. The van der Waals surface area contributed by atoms with E-state index in [9.17, 15) is 13.2 Å². The van der Waals surface area contributed by atoms with Gasteiger partial charge >= 0.3 is 0 Å². The molecule has 1 unspecified atom stereocenters. The number of aryl methyl sites for hydroxylation is 1. The summed E-state index contributed by atoms with van der Waals surface area (Å²) in [6.07, 6.45) is 0. The van der Waals surface area contributed by atoms with Crippen LogP contribution in [-0.4, -0.2) is 27.9 Å². The first-order valence-electron chi connectivity index (χ1n) is 8.08. The predicted molar refractivity (Wildman–Crippen MR) is 105 cm³/mol. The van der Waals surface area contributed by atoms with Crippen LogP contribution in [0.15, 0.2) is 47.4 Å². The summed E-state index contributed by atoms with van der Waals surface area (Å²) >= 11 is 6.03. The average molecular weight is 396 g/mol. The number of benzene rings is 2. The molecule has 0 saturated heterocycles. The van der Waals surface area contributed by atoms with Crippen LogP contribution in [0.1, 0.15) is 12.5 Å². The number of hydrogen-bond acceptors (Lipinski definition) is 4. The van der Waals surface area contributed by atoms with E-state index in [0.29, 0.717) is 28.5 Å². The first-order chi connectivity index (χ1) is 12.2. The number of nitrogens with one attached hydrogen (secondary N) is 3. The first-order valence-corrected chi connectivity index (χ1v) is 9.94. The molecule has 2 rings (SSSR count). The van der Waals surface area contributed by atoms with Gasteiger partial charge in [0, 0.05) is 18.2 Å². The molecule has 0 heterocycles. The number of carbonyl (C=O) groups excluding carboxylic acids is 1. The summed E-state index contributed by atoms with van der Waals surface area (Å²) in [6.45, 7) is 4.00. The highest BCUT2D eigenvalue weighted by atomic mass is 35.5. The molecule has 0 aliphatic heterocycles. The van der Waals surface area contributed by atoms with Crippen LogP contribution in [0.4, 0.5) is 11.4 Å². The monoisotopic (exact) mass is 395 g/mol. The molecule has 1 amide bonds. The van der Waals surface area contributed by atoms with E-state index in [1.807, 2.05) is 0 Å². The van der Waals surface area contributed by atoms with Crippen LogP contribution in [0.3, 0.4) is 0 Å². The number of carbonyl (C=O) groups is 1. The lowest BCUT2D eigenvalue weighted by Crippen LogP contribution is -2.28. The van der Waals surface area contributed by atoms with Gasteiger partial charge < -0.3 is 10.6 Å². The van der Waals surface area contributed by atoms with Crippen molar-refractivity contribution in [2.45, 2.75) is 18.7 Å². The highest BCUT2D eigenvalue weighted by Crippen LogP contribution is 2.27. The fraction of sp³-hybridized carbons (Fsp3) is 0.278. The quantitative estimate of drug-likeness (QED) is 0.671. The van der Waals surface area contributed by atoms with E-state index in [1.165, 1.54) is 6.07 Å². The van der Waals surface area contributed by atoms with Crippen molar-refractivity contribution in [2.24, 2.45) is 5.92 Å². The lowest BCUT2D eigenvalue weighted by molar-refractivity contribution is -0.119. The van der Waals surface area contributed by atoms with E-state index < -0.39 is 10.0 Å². The second-order valence-corrected chi connectivity index (χ2v) is 8.07. The molecule has 0 fully saturated rings. The van der Waals surface area contributed by atoms with E-state index in [2.05, 4.69) is 15.4 Å². The largest absolute Gasteiger partial charge is 0.326 e. The van der Waals surface area contributed by atoms with Gasteiger partial charge in [-0.15, -0.1) is 0 Å². The Morgan fingerprint density at radius 3 is 2.54 bits per heavy atom. The zero-order valence-electron chi connectivity index (χ0n) is 14.8. The van der Waals surface area contributed by atoms with Crippen molar-refractivity contribution < 1.29 is 13.2 Å². The van der Waals surface area contributed by atoms with Crippen molar-refractivity contribution in [3.05, 3.63) is 53.1 Å². The molecular formula is C18H22ClN3O3S. The molecule has 2 aromatic rings. The number of hydrogen-bond donors (Lipinski definition) is 3. The fourth-order valence-corrected chi connectivity index (χ4v) is 3.97. The summed E-state index contributed by atoms with van der Waals surface area (Å²) < 4.78 is 28.0. The number of amides is 1. The van der Waals surface area contributed by atoms with Crippen molar-refractivity contribution in [1.29, 1.82) is 0 Å². The van der Waals surface area contributed by atoms with Crippen LogP contribution < -0.4 is 15.4 Å². The molecule has 2 aromatic carbocycles. The Hall–Kier alpha value is -2.09. The standard InChI is InChI=1S/C18H22ClN3O3S/c1-12-8-9-14(21-18(23)13(2)11-20-3)10-17(12)26(24,25)22-16-7-5-4-6-15(16)19/h4-10,13,20,22H,11H2,1-3H3,(H,21,23). The van der Waals surface area contributed by atoms with E-state index in [-0.39, 0.29) is 16.7 Å². The number of halogens is 1. The van der Waals surface area contributed by atoms with Crippen molar-refractivity contribution in [1.82, 2.24) is 5.32 Å². The van der Waals surface area contributed by atoms with Gasteiger partial charge in [-0.2, -0.15) is 0 Å². The van der Waals surface area contributed by atoms with Gasteiger partial charge in [-0.25, -0.2) is 8.42 Å². The summed E-state index contributed by atoms with van der Waals surface area (Å²) in [6, 6.07) is 11.4. The van der Waals surface area contributed by atoms with Crippen LogP contribution in [0, 0.1) is 12.8 Å². The molecule has 1 atom stereocenters. The minimum atomic E-state index is -3.85. The summed E-state index contributed by atoms with van der Waals surface area (Å²) in [4.78, 5) is 12.2. The second-order valence-electron chi connectivity index (χ2n) is 6.01. The SMILES string of the molecule is CNCC(C)C(=O)Nc1ccc(C)c(S(=O)(=O)Nc2ccccc2Cl)c1. The first kappa shape index (κ1) is 20.2. The van der Waals surface area contributed by atoms with Crippen LogP contribution >= 0.6 is 11.6 Å². The molecule has 0 aliphatic carbocycles. The summed E-state index contributed by atoms with van der Waals surface area (Å²) in [5.74, 6) is -0.437. The van der Waals surface area contributed by atoms with Crippen LogP contribution in [-0.2, 0) is 14.8 Å². The van der Waals surface area contributed by atoms with Crippen molar-refractivity contribution in [3.63, 3.8) is 0 Å². The number of anilines is 2. The molecule has 26 heavy (non-hydrogen) atoms. The minimum absolute atomic E-state index is 0.0801. The highest BCUT2D eigenvalue weighted by Gasteiger charge is 2.20. The maximum atomic E-state index is 12.8. The molecule has 0 aromatic heterocycles. The van der Waals surface area contributed by atoms with E-state index >= 15 is 0 Å². The third kappa shape index (κ3) is 4.97. The lowest BCUT2D eigenvalue weighted by atomic mass is 10.1. The normalized spacial score (nSPS) is 12.5. The van der Waals surface area contributed by atoms with Crippen LogP contribution in [0.25, 0.3) is 0 Å². The molecule has 0 spiro atoms. The number of sulfonamides is 1. The van der Waals surface area contributed by atoms with Gasteiger partial charge in [-0.1, -0.05) is 36.7 Å². The fourth-order valence-electron chi connectivity index (χ4n) is 2.38. The Morgan fingerprint density at radius 2 is 1.88 bits per heavy atom. The number of rotatable bonds is 7. The molecule has 0 saturated carbocycles. The third-order valence-corrected chi connectivity index (χ3v) is 5.66. The van der Waals surface area contributed by atoms with Gasteiger partial charge in [0.1, 0.15) is 0 Å². The van der Waals surface area contributed by atoms with Gasteiger partial charge in [0.15, 0.2) is 0 Å². The van der Waals surface area contributed by atoms with Crippen molar-refractivity contribution in [2.75, 3.05) is 23.6 Å². The van der Waals surface area contributed by atoms with Gasteiger partial charge in [-0.3, -0.25) is 9.52 Å². The molecule has 3 N–H and O–H groups in total. The Balaban J connectivity index is 2.28. The third-order valence-electron chi connectivity index (χ3n) is 3.82. The van der Waals surface area contributed by atoms with Crippen LogP contribution in [0.2, 0.25) is 5.02 Å². The Labute approximate surface area is 159 Å². The van der Waals surface area contributed by atoms with E-state index in [1.54, 1.807) is 57.3 Å². The Kier molecular flexibility index (Phi) is 6.63. The van der Waals surface area contributed by atoms with Gasteiger partial charge in [0.05, 0.1) is 15.6 Å². The van der Waals surface area contributed by atoms with Gasteiger partial charge in [0.2, 0.25) is 5.91 Å². The Morgan fingerprint density at radius 1 is 1.19 bits per heavy atom. The topological polar surface area (TPSA) is 87.3 Å². The zero-order valence-corrected chi connectivity index (χ0v) is 16.4. The van der Waals surface area contributed by atoms with E-state index in [0.717, 1.165) is 0 Å². The van der Waals surface area contributed by atoms with Crippen molar-refractivity contribution in [3.8, 4) is 0 Å². The lowest BCUT2D eigenvalue weighted by Gasteiger charge is -2.15. The highest BCUT2D eigenvalue weighted by molar-refractivity contribution is 7.92. The molecule has 0 aliphatic rings. The summed E-state index contributed by atoms with van der Waals surface area (Å²) in [7, 11) is -2.09.